The molecule has 1 atom stereocenters. The SMILES string of the molecule is C=CCCCN1CCCC1CN. The first kappa shape index (κ1) is 9.75. The summed E-state index contributed by atoms with van der Waals surface area (Å²) in [6, 6.07) is 0.662. The molecule has 70 valence electrons. The highest BCUT2D eigenvalue weighted by molar-refractivity contribution is 4.80. The first-order chi connectivity index (χ1) is 5.88. The Morgan fingerprint density at radius 1 is 1.58 bits per heavy atom. The van der Waals surface area contributed by atoms with Crippen LogP contribution in [-0.4, -0.2) is 30.6 Å². The van der Waals surface area contributed by atoms with Crippen LogP contribution in [0.2, 0.25) is 0 Å². The number of nitrogens with two attached hydrogens (primary N) is 1. The Morgan fingerprint density at radius 2 is 2.42 bits per heavy atom. The lowest BCUT2D eigenvalue weighted by Crippen LogP contribution is -2.35. The van der Waals surface area contributed by atoms with E-state index < -0.39 is 0 Å². The van der Waals surface area contributed by atoms with E-state index in [0.717, 1.165) is 13.0 Å². The predicted molar refractivity (Wildman–Crippen MR) is 53.1 cm³/mol. The van der Waals surface area contributed by atoms with E-state index in [1.165, 1.54) is 32.4 Å². The summed E-state index contributed by atoms with van der Waals surface area (Å²) in [6.07, 6.45) is 6.99. The summed E-state index contributed by atoms with van der Waals surface area (Å²) in [5.74, 6) is 0. The third-order valence-electron chi connectivity index (χ3n) is 2.62. The Hall–Kier alpha value is -0.340. The number of hydrogen-bond acceptors (Lipinski definition) is 2. The Morgan fingerprint density at radius 3 is 3.08 bits per heavy atom. The number of unbranched alkanes of at least 4 members (excludes halogenated alkanes) is 1. The standard InChI is InChI=1S/C10H20N2/c1-2-3-4-7-12-8-5-6-10(12)9-11/h2,10H,1,3-9,11H2. The molecule has 0 amide bonds. The maximum atomic E-state index is 5.67. The monoisotopic (exact) mass is 168 g/mol. The molecule has 0 aromatic rings. The molecule has 0 aliphatic carbocycles. The molecule has 2 heteroatoms. The normalized spacial score (nSPS) is 24.6. The van der Waals surface area contributed by atoms with Crippen molar-refractivity contribution < 1.29 is 0 Å². The van der Waals surface area contributed by atoms with E-state index in [2.05, 4.69) is 11.5 Å². The molecule has 1 aliphatic heterocycles. The van der Waals surface area contributed by atoms with Crippen LogP contribution >= 0.6 is 0 Å². The molecule has 0 aromatic carbocycles. The zero-order chi connectivity index (χ0) is 8.81. The molecule has 2 nitrogen and oxygen atoms in total. The lowest BCUT2D eigenvalue weighted by atomic mass is 10.2. The smallest absolute Gasteiger partial charge is 0.0218 e. The highest BCUT2D eigenvalue weighted by atomic mass is 15.2. The van der Waals surface area contributed by atoms with Gasteiger partial charge in [-0.1, -0.05) is 6.08 Å². The van der Waals surface area contributed by atoms with Crippen LogP contribution in [0.25, 0.3) is 0 Å². The highest BCUT2D eigenvalue weighted by Crippen LogP contribution is 2.16. The number of likely N-dealkylation sites (tertiary alicyclic amines) is 1. The van der Waals surface area contributed by atoms with Crippen molar-refractivity contribution in [2.45, 2.75) is 31.7 Å². The predicted octanol–water partition coefficient (Wildman–Crippen LogP) is 1.38. The largest absolute Gasteiger partial charge is 0.329 e. The van der Waals surface area contributed by atoms with E-state index in [-0.39, 0.29) is 0 Å². The van der Waals surface area contributed by atoms with Gasteiger partial charge in [-0.25, -0.2) is 0 Å². The fourth-order valence-corrected chi connectivity index (χ4v) is 1.90. The fraction of sp³-hybridized carbons (Fsp3) is 0.800. The maximum Gasteiger partial charge on any atom is 0.0218 e. The summed E-state index contributed by atoms with van der Waals surface area (Å²) >= 11 is 0. The van der Waals surface area contributed by atoms with Crippen LogP contribution < -0.4 is 5.73 Å². The quantitative estimate of drug-likeness (QED) is 0.496. The van der Waals surface area contributed by atoms with E-state index in [9.17, 15) is 0 Å². The number of hydrogen-bond donors (Lipinski definition) is 1. The van der Waals surface area contributed by atoms with Crippen molar-refractivity contribution in [1.29, 1.82) is 0 Å². The van der Waals surface area contributed by atoms with Crippen LogP contribution in [-0.2, 0) is 0 Å². The van der Waals surface area contributed by atoms with Crippen LogP contribution in [0, 0.1) is 0 Å². The molecule has 2 N–H and O–H groups in total. The summed E-state index contributed by atoms with van der Waals surface area (Å²) in [5, 5.41) is 0. The van der Waals surface area contributed by atoms with Crippen LogP contribution in [0.4, 0.5) is 0 Å². The molecule has 0 saturated carbocycles. The van der Waals surface area contributed by atoms with E-state index in [1.54, 1.807) is 0 Å². The van der Waals surface area contributed by atoms with Gasteiger partial charge in [-0.05, 0) is 38.8 Å². The van der Waals surface area contributed by atoms with Gasteiger partial charge in [0.2, 0.25) is 0 Å². The van der Waals surface area contributed by atoms with E-state index >= 15 is 0 Å². The molecule has 0 spiro atoms. The summed E-state index contributed by atoms with van der Waals surface area (Å²) < 4.78 is 0. The highest BCUT2D eigenvalue weighted by Gasteiger charge is 2.21. The average Bonchev–Trinajstić information content (AvgIpc) is 2.52. The van der Waals surface area contributed by atoms with Gasteiger partial charge in [-0.3, -0.25) is 4.90 Å². The average molecular weight is 168 g/mol. The number of allylic oxidation sites excluding steroid dienone is 1. The third-order valence-corrected chi connectivity index (χ3v) is 2.62. The Balaban J connectivity index is 2.16. The molecule has 0 bridgehead atoms. The molecule has 0 aromatic heterocycles. The van der Waals surface area contributed by atoms with Gasteiger partial charge in [0.05, 0.1) is 0 Å². The van der Waals surface area contributed by atoms with Crippen LogP contribution in [0.1, 0.15) is 25.7 Å². The summed E-state index contributed by atoms with van der Waals surface area (Å²) in [4.78, 5) is 2.52. The van der Waals surface area contributed by atoms with Crippen molar-refractivity contribution in [2.75, 3.05) is 19.6 Å². The topological polar surface area (TPSA) is 29.3 Å². The molecule has 12 heavy (non-hydrogen) atoms. The second-order valence-corrected chi connectivity index (χ2v) is 3.50. The van der Waals surface area contributed by atoms with Crippen LogP contribution in [0.15, 0.2) is 12.7 Å². The summed E-state index contributed by atoms with van der Waals surface area (Å²) in [6.45, 7) is 7.00. The number of rotatable bonds is 5. The zero-order valence-electron chi connectivity index (χ0n) is 7.84. The Labute approximate surface area is 75.4 Å². The number of nitrogens with zero attached hydrogens (tertiary/aromatic N) is 1. The molecule has 1 aliphatic rings. The van der Waals surface area contributed by atoms with Crippen LogP contribution in [0.3, 0.4) is 0 Å². The first-order valence-electron chi connectivity index (χ1n) is 4.93. The van der Waals surface area contributed by atoms with Crippen molar-refractivity contribution in [3.63, 3.8) is 0 Å². The molecule has 1 rings (SSSR count). The van der Waals surface area contributed by atoms with Crippen molar-refractivity contribution >= 4 is 0 Å². The minimum atomic E-state index is 0.662. The molecule has 1 saturated heterocycles. The zero-order valence-corrected chi connectivity index (χ0v) is 7.84. The minimum Gasteiger partial charge on any atom is -0.329 e. The van der Waals surface area contributed by atoms with E-state index in [0.29, 0.717) is 6.04 Å². The van der Waals surface area contributed by atoms with Crippen molar-refractivity contribution in [3.05, 3.63) is 12.7 Å². The lowest BCUT2D eigenvalue weighted by Gasteiger charge is -2.22. The van der Waals surface area contributed by atoms with Crippen LogP contribution in [0.5, 0.6) is 0 Å². The summed E-state index contributed by atoms with van der Waals surface area (Å²) in [5.41, 5.74) is 5.67. The van der Waals surface area contributed by atoms with Gasteiger partial charge in [0, 0.05) is 12.6 Å². The van der Waals surface area contributed by atoms with Gasteiger partial charge in [-0.2, -0.15) is 0 Å². The third kappa shape index (κ3) is 2.61. The maximum absolute atomic E-state index is 5.67. The van der Waals surface area contributed by atoms with Crippen molar-refractivity contribution in [3.8, 4) is 0 Å². The molecular weight excluding hydrogens is 148 g/mol. The molecular formula is C10H20N2. The summed E-state index contributed by atoms with van der Waals surface area (Å²) in [7, 11) is 0. The van der Waals surface area contributed by atoms with Gasteiger partial charge < -0.3 is 5.73 Å². The van der Waals surface area contributed by atoms with Gasteiger partial charge >= 0.3 is 0 Å². The minimum absolute atomic E-state index is 0.662. The van der Waals surface area contributed by atoms with Gasteiger partial charge in [0.25, 0.3) is 0 Å². The molecule has 1 fully saturated rings. The van der Waals surface area contributed by atoms with Gasteiger partial charge in [-0.15, -0.1) is 6.58 Å². The first-order valence-corrected chi connectivity index (χ1v) is 4.93. The van der Waals surface area contributed by atoms with Gasteiger partial charge in [0.15, 0.2) is 0 Å². The van der Waals surface area contributed by atoms with Crippen molar-refractivity contribution in [2.24, 2.45) is 5.73 Å². The van der Waals surface area contributed by atoms with E-state index in [4.69, 9.17) is 5.73 Å². The molecule has 1 heterocycles. The van der Waals surface area contributed by atoms with E-state index in [1.807, 2.05) is 6.08 Å². The fourth-order valence-electron chi connectivity index (χ4n) is 1.90. The molecule has 1 unspecified atom stereocenters. The van der Waals surface area contributed by atoms with Crippen molar-refractivity contribution in [1.82, 2.24) is 4.90 Å². The Kier molecular flexibility index (Phi) is 4.33. The Bertz CT molecular complexity index is 134. The lowest BCUT2D eigenvalue weighted by molar-refractivity contribution is 0.256. The molecule has 0 radical (unpaired) electrons. The second-order valence-electron chi connectivity index (χ2n) is 3.50. The second kappa shape index (κ2) is 5.33. The van der Waals surface area contributed by atoms with Gasteiger partial charge in [0.1, 0.15) is 0 Å².